The van der Waals surface area contributed by atoms with Crippen molar-refractivity contribution in [3.63, 3.8) is 0 Å². The van der Waals surface area contributed by atoms with E-state index in [4.69, 9.17) is 9.47 Å². The second kappa shape index (κ2) is 9.94. The van der Waals surface area contributed by atoms with E-state index >= 15 is 0 Å². The van der Waals surface area contributed by atoms with Crippen LogP contribution in [0.4, 0.5) is 0 Å². The van der Waals surface area contributed by atoms with Crippen molar-refractivity contribution in [2.24, 2.45) is 0 Å². The highest BCUT2D eigenvalue weighted by Crippen LogP contribution is 2.22. The van der Waals surface area contributed by atoms with Crippen LogP contribution in [0.1, 0.15) is 50.4 Å². The Balaban J connectivity index is 1.75. The van der Waals surface area contributed by atoms with Crippen LogP contribution in [0.25, 0.3) is 0 Å². The Labute approximate surface area is 160 Å². The van der Waals surface area contributed by atoms with Crippen LogP contribution in [0.2, 0.25) is 0 Å². The summed E-state index contributed by atoms with van der Waals surface area (Å²) in [6.07, 6.45) is 3.02. The molecular weight excluding hydrogens is 348 g/mol. The van der Waals surface area contributed by atoms with Gasteiger partial charge in [-0.2, -0.15) is 0 Å². The molecule has 1 aromatic rings. The van der Waals surface area contributed by atoms with Crippen molar-refractivity contribution in [3.05, 3.63) is 29.8 Å². The highest BCUT2D eigenvalue weighted by atomic mass is 16.5. The van der Waals surface area contributed by atoms with Crippen LogP contribution in [0.15, 0.2) is 24.3 Å². The molecule has 0 spiro atoms. The topological polar surface area (TPSA) is 84.9 Å². The third-order valence-corrected chi connectivity index (χ3v) is 4.66. The van der Waals surface area contributed by atoms with Gasteiger partial charge in [-0.3, -0.25) is 14.4 Å². The zero-order valence-corrected chi connectivity index (χ0v) is 16.2. The van der Waals surface area contributed by atoms with Gasteiger partial charge < -0.3 is 19.7 Å². The van der Waals surface area contributed by atoms with E-state index in [1.54, 1.807) is 29.2 Å². The van der Waals surface area contributed by atoms with Crippen LogP contribution < -0.4 is 10.1 Å². The summed E-state index contributed by atoms with van der Waals surface area (Å²) in [7, 11) is 0. The minimum atomic E-state index is -0.639. The summed E-state index contributed by atoms with van der Waals surface area (Å²) in [5.74, 6) is -0.548. The fraction of sp³-hybridized carbons (Fsp3) is 0.550. The van der Waals surface area contributed by atoms with Crippen LogP contribution in [0, 0.1) is 0 Å². The molecule has 148 valence electrons. The lowest BCUT2D eigenvalue weighted by Crippen LogP contribution is -2.49. The molecule has 1 N–H and O–H groups in total. The quantitative estimate of drug-likeness (QED) is 0.737. The monoisotopic (exact) mass is 376 g/mol. The van der Waals surface area contributed by atoms with Gasteiger partial charge in [0.2, 0.25) is 0 Å². The third-order valence-electron chi connectivity index (χ3n) is 4.66. The maximum atomic E-state index is 12.3. The molecule has 0 bridgehead atoms. The Kier molecular flexibility index (Phi) is 7.64. The van der Waals surface area contributed by atoms with E-state index in [-0.39, 0.29) is 37.0 Å². The molecule has 1 aromatic carbocycles. The summed E-state index contributed by atoms with van der Waals surface area (Å²) >= 11 is 0. The van der Waals surface area contributed by atoms with E-state index in [0.29, 0.717) is 17.9 Å². The van der Waals surface area contributed by atoms with Crippen LogP contribution in [-0.2, 0) is 14.3 Å². The first-order chi connectivity index (χ1) is 12.9. The van der Waals surface area contributed by atoms with Gasteiger partial charge in [0.15, 0.2) is 6.61 Å². The minimum Gasteiger partial charge on any atom is -0.494 e. The van der Waals surface area contributed by atoms with Crippen molar-refractivity contribution in [3.8, 4) is 5.75 Å². The molecule has 0 saturated carbocycles. The van der Waals surface area contributed by atoms with E-state index in [9.17, 15) is 14.4 Å². The highest BCUT2D eigenvalue weighted by Gasteiger charge is 2.29. The number of esters is 1. The number of benzene rings is 1. The lowest BCUT2D eigenvalue weighted by molar-refractivity contribution is -0.154. The zero-order chi connectivity index (χ0) is 19.8. The number of carbonyl (C=O) groups excluding carboxylic acids is 3. The van der Waals surface area contributed by atoms with Gasteiger partial charge in [-0.05, 0) is 64.3 Å². The molecule has 1 aliphatic heterocycles. The number of piperidine rings is 1. The number of carbonyl (C=O) groups is 3. The summed E-state index contributed by atoms with van der Waals surface area (Å²) in [4.78, 5) is 38.0. The fourth-order valence-electron chi connectivity index (χ4n) is 3.30. The maximum Gasteiger partial charge on any atom is 0.325 e. The number of ether oxygens (including phenoxy) is 2. The average Bonchev–Trinajstić information content (AvgIpc) is 2.65. The van der Waals surface area contributed by atoms with Gasteiger partial charge in [-0.1, -0.05) is 0 Å². The first-order valence-corrected chi connectivity index (χ1v) is 9.40. The molecule has 0 radical (unpaired) electrons. The molecular formula is C20H28N2O5. The number of nitrogens with one attached hydrogen (secondary N) is 1. The first kappa shape index (κ1) is 20.7. The molecule has 2 atom stereocenters. The molecule has 27 heavy (non-hydrogen) atoms. The van der Waals surface area contributed by atoms with Crippen molar-refractivity contribution in [2.75, 3.05) is 19.8 Å². The summed E-state index contributed by atoms with van der Waals surface area (Å²) in [5.41, 5.74) is 0.415. The normalized spacial score (nSPS) is 19.3. The Hall–Kier alpha value is -2.57. The lowest BCUT2D eigenvalue weighted by atomic mass is 9.97. The Morgan fingerprint density at radius 2 is 1.74 bits per heavy atom. The van der Waals surface area contributed by atoms with Gasteiger partial charge in [0.05, 0.1) is 6.61 Å². The summed E-state index contributed by atoms with van der Waals surface area (Å²) in [5, 5.41) is 2.49. The summed E-state index contributed by atoms with van der Waals surface area (Å²) in [6.45, 7) is 5.85. The van der Waals surface area contributed by atoms with Crippen LogP contribution in [-0.4, -0.2) is 54.5 Å². The lowest BCUT2D eigenvalue weighted by Gasteiger charge is -2.38. The molecule has 7 nitrogen and oxygen atoms in total. The summed E-state index contributed by atoms with van der Waals surface area (Å²) < 4.78 is 10.3. The molecule has 1 heterocycles. The number of likely N-dealkylation sites (tertiary alicyclic amines) is 1. The number of nitrogens with zero attached hydrogens (tertiary/aromatic N) is 1. The highest BCUT2D eigenvalue weighted by molar-refractivity contribution is 5.96. The predicted molar refractivity (Wildman–Crippen MR) is 101 cm³/mol. The van der Waals surface area contributed by atoms with Crippen molar-refractivity contribution < 1.29 is 23.9 Å². The van der Waals surface area contributed by atoms with E-state index in [2.05, 4.69) is 5.32 Å². The Bertz CT molecular complexity index is 649. The van der Waals surface area contributed by atoms with Crippen molar-refractivity contribution in [2.45, 2.75) is 52.1 Å². The Morgan fingerprint density at radius 1 is 1.11 bits per heavy atom. The molecule has 7 heteroatoms. The number of hydrogen-bond donors (Lipinski definition) is 1. The maximum absolute atomic E-state index is 12.3. The number of rotatable bonds is 7. The molecule has 1 fully saturated rings. The van der Waals surface area contributed by atoms with Gasteiger partial charge in [0.25, 0.3) is 11.8 Å². The van der Waals surface area contributed by atoms with E-state index in [1.165, 1.54) is 0 Å². The predicted octanol–water partition coefficient (Wildman–Crippen LogP) is 2.15. The number of hydrogen-bond acceptors (Lipinski definition) is 5. The molecule has 2 amide bonds. The molecule has 2 rings (SSSR count). The van der Waals surface area contributed by atoms with Crippen LogP contribution in [0.5, 0.6) is 5.75 Å². The second-order valence-electron chi connectivity index (χ2n) is 6.73. The first-order valence-electron chi connectivity index (χ1n) is 9.40. The third kappa shape index (κ3) is 5.98. The van der Waals surface area contributed by atoms with Crippen molar-refractivity contribution in [1.29, 1.82) is 0 Å². The molecule has 1 saturated heterocycles. The van der Waals surface area contributed by atoms with E-state index in [0.717, 1.165) is 19.3 Å². The summed E-state index contributed by atoms with van der Waals surface area (Å²) in [6, 6.07) is 6.92. The zero-order valence-electron chi connectivity index (χ0n) is 16.2. The molecule has 0 aromatic heterocycles. The molecule has 0 unspecified atom stereocenters. The fourth-order valence-corrected chi connectivity index (χ4v) is 3.30. The average molecular weight is 376 g/mol. The number of amides is 2. The van der Waals surface area contributed by atoms with Gasteiger partial charge in [-0.15, -0.1) is 0 Å². The second-order valence-corrected chi connectivity index (χ2v) is 6.73. The van der Waals surface area contributed by atoms with E-state index in [1.807, 2.05) is 20.8 Å². The smallest absolute Gasteiger partial charge is 0.325 e. The van der Waals surface area contributed by atoms with Gasteiger partial charge in [-0.25, -0.2) is 0 Å². The van der Waals surface area contributed by atoms with Gasteiger partial charge in [0, 0.05) is 17.6 Å². The van der Waals surface area contributed by atoms with Crippen LogP contribution in [0.3, 0.4) is 0 Å². The molecule has 1 aliphatic rings. The standard InChI is InChI=1S/C20H28N2O5/c1-4-26-17-10-8-16(9-11-17)20(25)21-12-19(24)27-13-18(23)22-14(2)6-5-7-15(22)3/h8-11,14-15H,4-7,12-13H2,1-3H3,(H,21,25)/t14-,15-/m0/s1. The SMILES string of the molecule is CCOc1ccc(C(=O)NCC(=O)OCC(=O)N2[C@@H](C)CCC[C@@H]2C)cc1. The minimum absolute atomic E-state index is 0.152. The van der Waals surface area contributed by atoms with Gasteiger partial charge >= 0.3 is 5.97 Å². The van der Waals surface area contributed by atoms with Crippen molar-refractivity contribution in [1.82, 2.24) is 10.2 Å². The van der Waals surface area contributed by atoms with E-state index < -0.39 is 5.97 Å². The van der Waals surface area contributed by atoms with Crippen molar-refractivity contribution >= 4 is 17.8 Å². The Morgan fingerprint density at radius 3 is 2.33 bits per heavy atom. The van der Waals surface area contributed by atoms with Gasteiger partial charge in [0.1, 0.15) is 12.3 Å². The molecule has 0 aliphatic carbocycles. The van der Waals surface area contributed by atoms with Crippen LogP contribution >= 0.6 is 0 Å². The largest absolute Gasteiger partial charge is 0.494 e.